The lowest BCUT2D eigenvalue weighted by atomic mass is 9.74. The topological polar surface area (TPSA) is 112 Å². The molecule has 10 heteroatoms. The minimum atomic E-state index is -0.495. The first kappa shape index (κ1) is 26.1. The number of fused-ring (bicyclic) bond motifs is 2. The first-order valence-corrected chi connectivity index (χ1v) is 11.8. The summed E-state index contributed by atoms with van der Waals surface area (Å²) < 4.78 is 20.1. The van der Waals surface area contributed by atoms with Gasteiger partial charge in [-0.25, -0.2) is 9.59 Å². The van der Waals surface area contributed by atoms with Crippen LogP contribution in [0.1, 0.15) is 54.4 Å². The fourth-order valence-corrected chi connectivity index (χ4v) is 5.27. The van der Waals surface area contributed by atoms with Gasteiger partial charge in [-0.2, -0.15) is 0 Å². The SMILES string of the molecule is COC(=O)[C@@H]1[C@H]2C[C@@H]1N(C(=O)OC(C)(C)C)C2.COC(=O)[C@H]1[C@@H]2C[C@H]1N(C(=O)OC(C)(C)C)C2. The van der Waals surface area contributed by atoms with Gasteiger partial charge in [0.05, 0.1) is 26.1 Å². The van der Waals surface area contributed by atoms with E-state index in [1.54, 1.807) is 9.80 Å². The van der Waals surface area contributed by atoms with E-state index >= 15 is 0 Å². The Hall–Kier alpha value is -2.52. The molecular formula is C24H38N2O8. The van der Waals surface area contributed by atoms with Gasteiger partial charge in [0.15, 0.2) is 0 Å². The molecule has 10 nitrogen and oxygen atoms in total. The van der Waals surface area contributed by atoms with Crippen LogP contribution in [-0.2, 0) is 28.5 Å². The molecule has 4 saturated heterocycles. The summed E-state index contributed by atoms with van der Waals surface area (Å²) in [6.45, 7) is 12.2. The largest absolute Gasteiger partial charge is 0.469 e. The first-order valence-electron chi connectivity index (χ1n) is 11.8. The molecular weight excluding hydrogens is 444 g/mol. The molecule has 6 atom stereocenters. The van der Waals surface area contributed by atoms with Gasteiger partial charge in [-0.05, 0) is 66.2 Å². The molecule has 2 saturated carbocycles. The van der Waals surface area contributed by atoms with Gasteiger partial charge >= 0.3 is 24.1 Å². The van der Waals surface area contributed by atoms with Crippen molar-refractivity contribution in [3.63, 3.8) is 0 Å². The Kier molecular flexibility index (Phi) is 7.11. The van der Waals surface area contributed by atoms with Crippen LogP contribution in [0.15, 0.2) is 0 Å². The molecule has 34 heavy (non-hydrogen) atoms. The van der Waals surface area contributed by atoms with Crippen LogP contribution in [0.25, 0.3) is 0 Å². The van der Waals surface area contributed by atoms with Crippen LogP contribution >= 0.6 is 0 Å². The van der Waals surface area contributed by atoms with E-state index in [4.69, 9.17) is 18.9 Å². The van der Waals surface area contributed by atoms with E-state index in [1.165, 1.54) is 14.2 Å². The summed E-state index contributed by atoms with van der Waals surface area (Å²) >= 11 is 0. The monoisotopic (exact) mass is 482 g/mol. The van der Waals surface area contributed by atoms with Gasteiger partial charge in [0.2, 0.25) is 0 Å². The molecule has 0 spiro atoms. The highest BCUT2D eigenvalue weighted by atomic mass is 16.6. The van der Waals surface area contributed by atoms with Crippen LogP contribution in [0.4, 0.5) is 9.59 Å². The molecule has 192 valence electrons. The van der Waals surface area contributed by atoms with Gasteiger partial charge in [0.1, 0.15) is 11.2 Å². The third-order valence-corrected chi connectivity index (χ3v) is 6.80. The fraction of sp³-hybridized carbons (Fsp3) is 0.833. The van der Waals surface area contributed by atoms with Crippen LogP contribution in [-0.4, -0.2) is 84.5 Å². The minimum Gasteiger partial charge on any atom is -0.469 e. The smallest absolute Gasteiger partial charge is 0.410 e. The molecule has 0 radical (unpaired) electrons. The van der Waals surface area contributed by atoms with Crippen molar-refractivity contribution in [1.82, 2.24) is 9.80 Å². The number of methoxy groups -OCH3 is 2. The van der Waals surface area contributed by atoms with Crippen LogP contribution in [0, 0.1) is 23.7 Å². The summed E-state index contributed by atoms with van der Waals surface area (Å²) in [4.78, 5) is 50.2. The molecule has 4 aliphatic heterocycles. The molecule has 0 aromatic rings. The van der Waals surface area contributed by atoms with Gasteiger partial charge in [0.25, 0.3) is 0 Å². The number of esters is 2. The predicted octanol–water partition coefficient (Wildman–Crippen LogP) is 2.83. The Morgan fingerprint density at radius 1 is 0.647 bits per heavy atom. The van der Waals surface area contributed by atoms with E-state index < -0.39 is 11.2 Å². The average molecular weight is 483 g/mol. The minimum absolute atomic E-state index is 0.0256. The van der Waals surface area contributed by atoms with Gasteiger partial charge < -0.3 is 28.7 Å². The van der Waals surface area contributed by atoms with E-state index in [-0.39, 0.29) is 59.9 Å². The average Bonchev–Trinajstić information content (AvgIpc) is 3.43. The zero-order chi connectivity index (χ0) is 25.6. The zero-order valence-corrected chi connectivity index (χ0v) is 21.5. The highest BCUT2D eigenvalue weighted by Gasteiger charge is 2.59. The lowest BCUT2D eigenvalue weighted by Gasteiger charge is -2.34. The number of carbonyl (C=O) groups is 4. The van der Waals surface area contributed by atoms with Crippen molar-refractivity contribution in [2.75, 3.05) is 27.3 Å². The number of hydrogen-bond acceptors (Lipinski definition) is 8. The Morgan fingerprint density at radius 3 is 1.24 bits per heavy atom. The second-order valence-corrected chi connectivity index (χ2v) is 11.5. The molecule has 6 rings (SSSR count). The van der Waals surface area contributed by atoms with Crippen molar-refractivity contribution >= 4 is 24.1 Å². The maximum absolute atomic E-state index is 11.9. The first-order chi connectivity index (χ1) is 15.7. The van der Waals surface area contributed by atoms with Gasteiger partial charge in [-0.15, -0.1) is 0 Å². The standard InChI is InChI=1S/2C12H19NO4/c2*1-12(2,3)17-11(15)13-6-7-5-8(13)9(7)10(14)16-4/h2*7-9H,5-6H2,1-4H3/t2*7-,8-,9+/m10/s1. The van der Waals surface area contributed by atoms with E-state index in [2.05, 4.69) is 0 Å². The predicted molar refractivity (Wildman–Crippen MR) is 121 cm³/mol. The second-order valence-electron chi connectivity index (χ2n) is 11.5. The van der Waals surface area contributed by atoms with Crippen molar-refractivity contribution in [1.29, 1.82) is 0 Å². The van der Waals surface area contributed by atoms with Gasteiger partial charge in [-0.1, -0.05) is 0 Å². The molecule has 0 aromatic carbocycles. The van der Waals surface area contributed by atoms with Gasteiger partial charge in [0, 0.05) is 25.2 Å². The number of nitrogens with zero attached hydrogens (tertiary/aromatic N) is 2. The highest BCUT2D eigenvalue weighted by Crippen LogP contribution is 2.48. The number of hydrogen-bond donors (Lipinski definition) is 0. The van der Waals surface area contributed by atoms with Crippen LogP contribution in [0.3, 0.4) is 0 Å². The van der Waals surface area contributed by atoms with Gasteiger partial charge in [-0.3, -0.25) is 9.59 Å². The van der Waals surface area contributed by atoms with E-state index in [9.17, 15) is 19.2 Å². The van der Waals surface area contributed by atoms with Crippen molar-refractivity contribution in [3.8, 4) is 0 Å². The van der Waals surface area contributed by atoms with E-state index in [0.717, 1.165) is 12.8 Å². The maximum Gasteiger partial charge on any atom is 0.410 e. The molecule has 2 amide bonds. The lowest BCUT2D eigenvalue weighted by molar-refractivity contribution is -0.152. The molecule has 0 unspecified atom stereocenters. The Balaban J connectivity index is 0.000000191. The Morgan fingerprint density at radius 2 is 0.971 bits per heavy atom. The molecule has 0 N–H and O–H groups in total. The summed E-state index contributed by atoms with van der Waals surface area (Å²) in [5.74, 6) is -0.213. The van der Waals surface area contributed by atoms with E-state index in [0.29, 0.717) is 13.1 Å². The molecule has 6 fully saturated rings. The molecule has 2 aliphatic carbocycles. The third-order valence-electron chi connectivity index (χ3n) is 6.80. The summed E-state index contributed by atoms with van der Waals surface area (Å²) in [6, 6.07) is -0.0513. The second kappa shape index (κ2) is 9.26. The van der Waals surface area contributed by atoms with E-state index in [1.807, 2.05) is 41.5 Å². The maximum atomic E-state index is 11.9. The number of ether oxygens (including phenoxy) is 4. The lowest BCUT2D eigenvalue weighted by Crippen LogP contribution is -2.46. The molecule has 0 aromatic heterocycles. The molecule has 6 aliphatic rings. The van der Waals surface area contributed by atoms with Crippen molar-refractivity contribution in [2.24, 2.45) is 23.7 Å². The number of carbonyl (C=O) groups excluding carboxylic acids is 4. The molecule has 4 bridgehead atoms. The Bertz CT molecular complexity index is 762. The number of rotatable bonds is 2. The van der Waals surface area contributed by atoms with Crippen LogP contribution < -0.4 is 0 Å². The zero-order valence-electron chi connectivity index (χ0n) is 21.5. The van der Waals surface area contributed by atoms with Crippen molar-refractivity contribution in [3.05, 3.63) is 0 Å². The molecule has 4 heterocycles. The highest BCUT2D eigenvalue weighted by molar-refractivity contribution is 5.79. The van der Waals surface area contributed by atoms with Crippen molar-refractivity contribution in [2.45, 2.75) is 77.7 Å². The summed E-state index contributed by atoms with van der Waals surface area (Å²) in [5, 5.41) is 0. The van der Waals surface area contributed by atoms with Crippen molar-refractivity contribution < 1.29 is 38.1 Å². The van der Waals surface area contributed by atoms with Crippen LogP contribution in [0.2, 0.25) is 0 Å². The normalized spacial score (nSPS) is 30.8. The quantitative estimate of drug-likeness (QED) is 0.436. The number of amides is 2. The third kappa shape index (κ3) is 5.25. The summed E-state index contributed by atoms with van der Waals surface area (Å²) in [7, 11) is 2.77. The summed E-state index contributed by atoms with van der Waals surface area (Å²) in [5.41, 5.74) is -0.990. The fourth-order valence-electron chi connectivity index (χ4n) is 5.27. The summed E-state index contributed by atoms with van der Waals surface area (Å²) in [6.07, 6.45) is 1.13. The Labute approximate surface area is 201 Å². The van der Waals surface area contributed by atoms with Crippen LogP contribution in [0.5, 0.6) is 0 Å².